The van der Waals surface area contributed by atoms with Gasteiger partial charge in [0.05, 0.1) is 0 Å². The maximum absolute atomic E-state index is 10.9. The molecule has 1 aromatic heterocycles. The molecule has 2 rings (SSSR count). The molecule has 6 heteroatoms. The van der Waals surface area contributed by atoms with Crippen molar-refractivity contribution in [1.82, 2.24) is 15.4 Å². The minimum Gasteiger partial charge on any atom is -0.476 e. The van der Waals surface area contributed by atoms with Gasteiger partial charge in [-0.1, -0.05) is 36.0 Å². The number of nitrogens with one attached hydrogen (secondary N) is 1. The van der Waals surface area contributed by atoms with Crippen molar-refractivity contribution in [3.05, 3.63) is 35.5 Å². The van der Waals surface area contributed by atoms with Gasteiger partial charge in [-0.25, -0.2) is 9.89 Å². The number of benzene rings is 1. The molecular weight excluding hydrogens is 258 g/mol. The SMILES string of the molecule is CC(C)C#Cc1ccc(Oc2nn[nH]c2C(=O)O)cc1. The molecule has 102 valence electrons. The Morgan fingerprint density at radius 1 is 1.35 bits per heavy atom. The molecule has 0 fully saturated rings. The summed E-state index contributed by atoms with van der Waals surface area (Å²) < 4.78 is 5.36. The predicted molar refractivity (Wildman–Crippen MR) is 71.6 cm³/mol. The number of aromatic amines is 1. The summed E-state index contributed by atoms with van der Waals surface area (Å²) in [4.78, 5) is 10.9. The second-order valence-electron chi connectivity index (χ2n) is 4.35. The predicted octanol–water partition coefficient (Wildman–Crippen LogP) is 2.30. The van der Waals surface area contributed by atoms with Gasteiger partial charge in [0, 0.05) is 11.5 Å². The van der Waals surface area contributed by atoms with Gasteiger partial charge in [0.2, 0.25) is 5.69 Å². The lowest BCUT2D eigenvalue weighted by molar-refractivity contribution is 0.0687. The van der Waals surface area contributed by atoms with Crippen LogP contribution in [0, 0.1) is 17.8 Å². The molecule has 2 aromatic rings. The van der Waals surface area contributed by atoms with Crippen LogP contribution in [-0.2, 0) is 0 Å². The van der Waals surface area contributed by atoms with E-state index in [-0.39, 0.29) is 11.6 Å². The normalized spacial score (nSPS) is 9.95. The fourth-order valence-electron chi connectivity index (χ4n) is 1.37. The highest BCUT2D eigenvalue weighted by atomic mass is 16.5. The number of aromatic nitrogens is 3. The first-order valence-corrected chi connectivity index (χ1v) is 6.00. The largest absolute Gasteiger partial charge is 0.476 e. The zero-order valence-electron chi connectivity index (χ0n) is 11.0. The molecule has 0 saturated carbocycles. The molecule has 6 nitrogen and oxygen atoms in total. The third kappa shape index (κ3) is 3.36. The molecule has 20 heavy (non-hydrogen) atoms. The number of H-pyrrole nitrogens is 1. The molecule has 0 aliphatic carbocycles. The van der Waals surface area contributed by atoms with Crippen molar-refractivity contribution in [3.63, 3.8) is 0 Å². The monoisotopic (exact) mass is 271 g/mol. The van der Waals surface area contributed by atoms with Gasteiger partial charge in [0.25, 0.3) is 5.88 Å². The average molecular weight is 271 g/mol. The number of nitrogens with zero attached hydrogens (tertiary/aromatic N) is 2. The number of hydrogen-bond donors (Lipinski definition) is 2. The maximum Gasteiger partial charge on any atom is 0.359 e. The summed E-state index contributed by atoms with van der Waals surface area (Å²) in [5.74, 6) is 5.61. The molecule has 0 aliphatic heterocycles. The Morgan fingerprint density at radius 2 is 2.05 bits per heavy atom. The Hall–Kier alpha value is -2.81. The molecule has 0 unspecified atom stereocenters. The highest BCUT2D eigenvalue weighted by molar-refractivity contribution is 5.87. The maximum atomic E-state index is 10.9. The van der Waals surface area contributed by atoms with E-state index in [1.54, 1.807) is 24.3 Å². The van der Waals surface area contributed by atoms with Crippen molar-refractivity contribution in [1.29, 1.82) is 0 Å². The van der Waals surface area contributed by atoms with Crippen LogP contribution in [0.15, 0.2) is 24.3 Å². The van der Waals surface area contributed by atoms with Gasteiger partial charge in [0.15, 0.2) is 0 Å². The highest BCUT2D eigenvalue weighted by Crippen LogP contribution is 2.21. The van der Waals surface area contributed by atoms with Crippen molar-refractivity contribution in [2.24, 2.45) is 5.92 Å². The summed E-state index contributed by atoms with van der Waals surface area (Å²) >= 11 is 0. The second-order valence-corrected chi connectivity index (χ2v) is 4.35. The van der Waals surface area contributed by atoms with Crippen LogP contribution in [0.5, 0.6) is 11.6 Å². The number of carboxylic acids is 1. The Morgan fingerprint density at radius 3 is 2.65 bits per heavy atom. The van der Waals surface area contributed by atoms with Crippen molar-refractivity contribution >= 4 is 5.97 Å². The van der Waals surface area contributed by atoms with E-state index in [0.717, 1.165) is 5.56 Å². The van der Waals surface area contributed by atoms with Crippen LogP contribution in [0.25, 0.3) is 0 Å². The van der Waals surface area contributed by atoms with Gasteiger partial charge in [-0.05, 0) is 24.3 Å². The first-order chi connectivity index (χ1) is 9.56. The van der Waals surface area contributed by atoms with Crippen molar-refractivity contribution in [2.45, 2.75) is 13.8 Å². The van der Waals surface area contributed by atoms with Crippen LogP contribution in [0.4, 0.5) is 0 Å². The highest BCUT2D eigenvalue weighted by Gasteiger charge is 2.16. The second kappa shape index (κ2) is 5.89. The average Bonchev–Trinajstić information content (AvgIpc) is 2.86. The van der Waals surface area contributed by atoms with Crippen molar-refractivity contribution in [3.8, 4) is 23.5 Å². The van der Waals surface area contributed by atoms with Crippen LogP contribution in [0.2, 0.25) is 0 Å². The molecule has 0 atom stereocenters. The van der Waals surface area contributed by atoms with Crippen LogP contribution < -0.4 is 4.74 Å². The van der Waals surface area contributed by atoms with Crippen molar-refractivity contribution in [2.75, 3.05) is 0 Å². The van der Waals surface area contributed by atoms with E-state index in [1.165, 1.54) is 0 Å². The summed E-state index contributed by atoms with van der Waals surface area (Å²) in [5, 5.41) is 18.1. The van der Waals surface area contributed by atoms with E-state index in [4.69, 9.17) is 9.84 Å². The fourth-order valence-corrected chi connectivity index (χ4v) is 1.37. The number of rotatable bonds is 3. The van der Waals surface area contributed by atoms with E-state index in [9.17, 15) is 4.79 Å². The third-order valence-electron chi connectivity index (χ3n) is 2.30. The minimum atomic E-state index is -1.18. The van der Waals surface area contributed by atoms with E-state index in [2.05, 4.69) is 27.3 Å². The van der Waals surface area contributed by atoms with Crippen LogP contribution in [0.3, 0.4) is 0 Å². The topological polar surface area (TPSA) is 88.1 Å². The number of carbonyl (C=O) groups is 1. The Bertz CT molecular complexity index is 663. The first kappa shape index (κ1) is 13.6. The zero-order chi connectivity index (χ0) is 14.5. The molecule has 1 heterocycles. The van der Waals surface area contributed by atoms with E-state index in [1.807, 2.05) is 13.8 Å². The molecule has 0 spiro atoms. The van der Waals surface area contributed by atoms with E-state index in [0.29, 0.717) is 11.7 Å². The lowest BCUT2D eigenvalue weighted by Gasteiger charge is -2.02. The molecule has 0 bridgehead atoms. The van der Waals surface area contributed by atoms with E-state index >= 15 is 0 Å². The van der Waals surface area contributed by atoms with E-state index < -0.39 is 5.97 Å². The number of ether oxygens (including phenoxy) is 1. The molecule has 0 radical (unpaired) electrons. The summed E-state index contributed by atoms with van der Waals surface area (Å²) in [6.07, 6.45) is 0. The van der Waals surface area contributed by atoms with Gasteiger partial charge in [-0.15, -0.1) is 0 Å². The smallest absolute Gasteiger partial charge is 0.359 e. The minimum absolute atomic E-state index is 0.0708. The molecule has 2 N–H and O–H groups in total. The van der Waals surface area contributed by atoms with Gasteiger partial charge in [0.1, 0.15) is 5.75 Å². The molecule has 1 aromatic carbocycles. The molecule has 0 aliphatic rings. The zero-order valence-corrected chi connectivity index (χ0v) is 11.0. The third-order valence-corrected chi connectivity index (χ3v) is 2.30. The molecule has 0 saturated heterocycles. The van der Waals surface area contributed by atoms with Gasteiger partial charge in [-0.3, -0.25) is 0 Å². The lowest BCUT2D eigenvalue weighted by Crippen LogP contribution is -1.99. The van der Waals surface area contributed by atoms with Crippen molar-refractivity contribution < 1.29 is 14.6 Å². The quantitative estimate of drug-likeness (QED) is 0.836. The fraction of sp³-hybridized carbons (Fsp3) is 0.214. The van der Waals surface area contributed by atoms with Crippen LogP contribution >= 0.6 is 0 Å². The summed E-state index contributed by atoms with van der Waals surface area (Å²) in [5.41, 5.74) is 0.679. The van der Waals surface area contributed by atoms with Crippen LogP contribution in [0.1, 0.15) is 29.9 Å². The lowest BCUT2D eigenvalue weighted by atomic mass is 10.2. The number of carboxylic acid groups (broad SMARTS) is 1. The standard InChI is InChI=1S/C14H13N3O3/c1-9(2)3-4-10-5-7-11(8-6-10)20-13-12(14(18)19)15-17-16-13/h5-9H,1-2H3,(H,18,19)(H,15,16,17). The van der Waals surface area contributed by atoms with Crippen LogP contribution in [-0.4, -0.2) is 26.5 Å². The first-order valence-electron chi connectivity index (χ1n) is 6.00. The van der Waals surface area contributed by atoms with Gasteiger partial charge < -0.3 is 9.84 Å². The Kier molecular flexibility index (Phi) is 4.01. The summed E-state index contributed by atoms with van der Waals surface area (Å²) in [7, 11) is 0. The Balaban J connectivity index is 2.13. The number of hydrogen-bond acceptors (Lipinski definition) is 4. The number of aromatic carboxylic acids is 1. The van der Waals surface area contributed by atoms with Gasteiger partial charge >= 0.3 is 5.97 Å². The Labute approximate surface area is 115 Å². The molecule has 0 amide bonds. The molecular formula is C14H13N3O3. The summed E-state index contributed by atoms with van der Waals surface area (Å²) in [6.45, 7) is 4.03. The summed E-state index contributed by atoms with van der Waals surface area (Å²) in [6, 6.07) is 6.99. The van der Waals surface area contributed by atoms with Gasteiger partial charge in [-0.2, -0.15) is 0 Å².